The molecule has 1 atom stereocenters. The maximum absolute atomic E-state index is 9.30. The van der Waals surface area contributed by atoms with E-state index in [4.69, 9.17) is 4.98 Å². The number of nitriles is 1. The van der Waals surface area contributed by atoms with Crippen molar-refractivity contribution in [2.45, 2.75) is 57.9 Å². The Morgan fingerprint density at radius 1 is 1.32 bits per heavy atom. The highest BCUT2D eigenvalue weighted by Gasteiger charge is 2.23. The van der Waals surface area contributed by atoms with Crippen molar-refractivity contribution in [3.8, 4) is 6.07 Å². The van der Waals surface area contributed by atoms with Crippen LogP contribution < -0.4 is 5.32 Å². The molecule has 0 radical (unpaired) electrons. The van der Waals surface area contributed by atoms with Crippen LogP contribution in [-0.2, 0) is 12.8 Å². The molecule has 1 saturated carbocycles. The number of anilines is 1. The van der Waals surface area contributed by atoms with Crippen LogP contribution in [0, 0.1) is 17.2 Å². The summed E-state index contributed by atoms with van der Waals surface area (Å²) in [4.78, 5) is 4.70. The largest absolute Gasteiger partial charge is 0.366 e. The number of hydrogen-bond donors (Lipinski definition) is 1. The number of hydrogen-bond acceptors (Lipinski definition) is 3. The molecule has 1 fully saturated rings. The lowest BCUT2D eigenvalue weighted by molar-refractivity contribution is 0.481. The van der Waals surface area contributed by atoms with Gasteiger partial charge in [0.1, 0.15) is 11.9 Å². The van der Waals surface area contributed by atoms with Gasteiger partial charge in [-0.1, -0.05) is 12.8 Å². The van der Waals surface area contributed by atoms with Crippen molar-refractivity contribution in [1.82, 2.24) is 4.98 Å². The highest BCUT2D eigenvalue weighted by molar-refractivity contribution is 5.55. The first-order valence-electron chi connectivity index (χ1n) is 7.47. The molecule has 3 nitrogen and oxygen atoms in total. The fraction of sp³-hybridized carbons (Fsp3) is 0.625. The number of rotatable bonds is 3. The summed E-state index contributed by atoms with van der Waals surface area (Å²) in [6.07, 6.45) is 8.62. The van der Waals surface area contributed by atoms with Crippen LogP contribution in [0.1, 0.15) is 55.8 Å². The average Bonchev–Trinajstić information content (AvgIpc) is 3.08. The molecule has 0 aromatic carbocycles. The minimum Gasteiger partial charge on any atom is -0.366 e. The maximum Gasteiger partial charge on any atom is 0.144 e. The Kier molecular flexibility index (Phi) is 3.42. The first-order valence-corrected chi connectivity index (χ1v) is 7.47. The number of aromatic nitrogens is 1. The minimum absolute atomic E-state index is 0.418. The Morgan fingerprint density at radius 3 is 2.84 bits per heavy atom. The second kappa shape index (κ2) is 5.21. The van der Waals surface area contributed by atoms with Gasteiger partial charge < -0.3 is 5.32 Å². The highest BCUT2D eigenvalue weighted by atomic mass is 15.0. The summed E-state index contributed by atoms with van der Waals surface area (Å²) in [5.41, 5.74) is 3.18. The SMILES string of the molecule is CC(Nc1nc2c(cc1C#N)CCC2)C1CCCC1. The summed E-state index contributed by atoms with van der Waals surface area (Å²) in [5, 5.41) is 12.8. The van der Waals surface area contributed by atoms with Crippen molar-refractivity contribution in [2.75, 3.05) is 5.32 Å². The lowest BCUT2D eigenvalue weighted by Crippen LogP contribution is -2.25. The molecule has 0 saturated heterocycles. The second-order valence-electron chi connectivity index (χ2n) is 5.93. The zero-order valence-corrected chi connectivity index (χ0v) is 11.6. The third-order valence-corrected chi connectivity index (χ3v) is 4.64. The zero-order valence-electron chi connectivity index (χ0n) is 11.6. The van der Waals surface area contributed by atoms with E-state index in [-0.39, 0.29) is 0 Å². The molecule has 0 aliphatic heterocycles. The van der Waals surface area contributed by atoms with Crippen LogP contribution >= 0.6 is 0 Å². The average molecular weight is 255 g/mol. The number of aryl methyl sites for hydroxylation is 2. The Balaban J connectivity index is 1.81. The van der Waals surface area contributed by atoms with Gasteiger partial charge in [-0.05, 0) is 56.6 Å². The van der Waals surface area contributed by atoms with Crippen molar-refractivity contribution in [3.05, 3.63) is 22.9 Å². The van der Waals surface area contributed by atoms with Gasteiger partial charge in [-0.15, -0.1) is 0 Å². The molecule has 1 aromatic heterocycles. The molecule has 0 bridgehead atoms. The van der Waals surface area contributed by atoms with Gasteiger partial charge in [-0.3, -0.25) is 0 Å². The summed E-state index contributed by atoms with van der Waals surface area (Å²) in [6, 6.07) is 4.76. The van der Waals surface area contributed by atoms with E-state index in [1.807, 2.05) is 6.07 Å². The molecule has 3 rings (SSSR count). The number of nitrogens with zero attached hydrogens (tertiary/aromatic N) is 2. The van der Waals surface area contributed by atoms with Gasteiger partial charge in [0.05, 0.1) is 5.56 Å². The molecule has 19 heavy (non-hydrogen) atoms. The standard InChI is InChI=1S/C16H21N3/c1-11(12-5-2-3-6-12)18-16-14(10-17)9-13-7-4-8-15(13)19-16/h9,11-12H,2-8H2,1H3,(H,18,19). The molecule has 0 amide bonds. The molecular weight excluding hydrogens is 234 g/mol. The molecular formula is C16H21N3. The normalized spacial score (nSPS) is 20.0. The predicted molar refractivity (Wildman–Crippen MR) is 76.0 cm³/mol. The lowest BCUT2D eigenvalue weighted by Gasteiger charge is -2.22. The van der Waals surface area contributed by atoms with Gasteiger partial charge in [0.15, 0.2) is 0 Å². The summed E-state index contributed by atoms with van der Waals surface area (Å²) in [7, 11) is 0. The van der Waals surface area contributed by atoms with Gasteiger partial charge in [0.25, 0.3) is 0 Å². The van der Waals surface area contributed by atoms with Gasteiger partial charge >= 0.3 is 0 Å². The van der Waals surface area contributed by atoms with Crippen LogP contribution in [0.5, 0.6) is 0 Å². The zero-order chi connectivity index (χ0) is 13.2. The number of pyridine rings is 1. The van der Waals surface area contributed by atoms with Crippen LogP contribution in [-0.4, -0.2) is 11.0 Å². The maximum atomic E-state index is 9.30. The third-order valence-electron chi connectivity index (χ3n) is 4.64. The van der Waals surface area contributed by atoms with Crippen molar-refractivity contribution in [2.24, 2.45) is 5.92 Å². The number of nitrogens with one attached hydrogen (secondary N) is 1. The highest BCUT2D eigenvalue weighted by Crippen LogP contribution is 2.30. The van der Waals surface area contributed by atoms with Crippen LogP contribution in [0.3, 0.4) is 0 Å². The Bertz CT molecular complexity index is 509. The van der Waals surface area contributed by atoms with E-state index in [2.05, 4.69) is 18.3 Å². The van der Waals surface area contributed by atoms with Crippen LogP contribution in [0.2, 0.25) is 0 Å². The topological polar surface area (TPSA) is 48.7 Å². The molecule has 2 aliphatic rings. The summed E-state index contributed by atoms with van der Waals surface area (Å²) >= 11 is 0. The summed E-state index contributed by atoms with van der Waals surface area (Å²) in [6.45, 7) is 2.23. The minimum atomic E-state index is 0.418. The van der Waals surface area contributed by atoms with Gasteiger partial charge in [-0.2, -0.15) is 5.26 Å². The first kappa shape index (κ1) is 12.5. The van der Waals surface area contributed by atoms with Crippen molar-refractivity contribution < 1.29 is 0 Å². The van der Waals surface area contributed by atoms with Crippen LogP contribution in [0.15, 0.2) is 6.07 Å². The molecule has 1 aromatic rings. The quantitative estimate of drug-likeness (QED) is 0.900. The van der Waals surface area contributed by atoms with Gasteiger partial charge in [-0.25, -0.2) is 4.98 Å². The molecule has 100 valence electrons. The Labute approximate surface area is 115 Å². The molecule has 3 heteroatoms. The molecule has 1 N–H and O–H groups in total. The predicted octanol–water partition coefficient (Wildman–Crippen LogP) is 3.43. The van der Waals surface area contributed by atoms with E-state index < -0.39 is 0 Å². The van der Waals surface area contributed by atoms with Crippen LogP contribution in [0.4, 0.5) is 5.82 Å². The van der Waals surface area contributed by atoms with Crippen molar-refractivity contribution in [1.29, 1.82) is 5.26 Å². The van der Waals surface area contributed by atoms with E-state index >= 15 is 0 Å². The van der Waals surface area contributed by atoms with Crippen molar-refractivity contribution in [3.63, 3.8) is 0 Å². The Morgan fingerprint density at radius 2 is 2.11 bits per heavy atom. The molecule has 1 heterocycles. The lowest BCUT2D eigenvalue weighted by atomic mass is 9.99. The van der Waals surface area contributed by atoms with Crippen molar-refractivity contribution >= 4 is 5.82 Å². The van der Waals surface area contributed by atoms with E-state index in [0.29, 0.717) is 11.6 Å². The summed E-state index contributed by atoms with van der Waals surface area (Å²) < 4.78 is 0. The third kappa shape index (κ3) is 2.45. The fourth-order valence-corrected chi connectivity index (χ4v) is 3.46. The fourth-order valence-electron chi connectivity index (χ4n) is 3.46. The van der Waals surface area contributed by atoms with Gasteiger partial charge in [0, 0.05) is 11.7 Å². The summed E-state index contributed by atoms with van der Waals surface area (Å²) in [5.74, 6) is 1.55. The Hall–Kier alpha value is -1.56. The monoisotopic (exact) mass is 255 g/mol. The second-order valence-corrected chi connectivity index (χ2v) is 5.93. The van der Waals surface area contributed by atoms with E-state index in [0.717, 1.165) is 24.6 Å². The van der Waals surface area contributed by atoms with E-state index in [1.54, 1.807) is 0 Å². The first-order chi connectivity index (χ1) is 9.28. The van der Waals surface area contributed by atoms with E-state index in [9.17, 15) is 5.26 Å². The van der Waals surface area contributed by atoms with Gasteiger partial charge in [0.2, 0.25) is 0 Å². The number of fused-ring (bicyclic) bond motifs is 1. The van der Waals surface area contributed by atoms with E-state index in [1.165, 1.54) is 43.4 Å². The molecule has 0 spiro atoms. The smallest absolute Gasteiger partial charge is 0.144 e. The molecule has 2 aliphatic carbocycles. The van der Waals surface area contributed by atoms with Crippen LogP contribution in [0.25, 0.3) is 0 Å². The molecule has 1 unspecified atom stereocenters.